The summed E-state index contributed by atoms with van der Waals surface area (Å²) in [5, 5.41) is 2.59. The van der Waals surface area contributed by atoms with Crippen molar-refractivity contribution in [3.8, 4) is 0 Å². The van der Waals surface area contributed by atoms with E-state index in [0.29, 0.717) is 0 Å². The van der Waals surface area contributed by atoms with Gasteiger partial charge in [0.05, 0.1) is 10.2 Å². The van der Waals surface area contributed by atoms with Crippen LogP contribution in [0, 0.1) is 11.6 Å². The average molecular weight is 252 g/mol. The minimum atomic E-state index is -0.604. The standard InChI is InChI=1S/C7H6BrF2N.C2H6/c1-11-5-3-2-4(9)6(8)7(5)10;1-2/h2-3,11H,1H3;1-2H3. The Labute approximate surface area is 85.3 Å². The fourth-order valence-electron chi connectivity index (χ4n) is 0.719. The highest BCUT2D eigenvalue weighted by Gasteiger charge is 2.08. The molecule has 0 fully saturated rings. The van der Waals surface area contributed by atoms with Gasteiger partial charge in [-0.25, -0.2) is 8.78 Å². The van der Waals surface area contributed by atoms with E-state index >= 15 is 0 Å². The van der Waals surface area contributed by atoms with Crippen LogP contribution in [-0.2, 0) is 0 Å². The molecule has 0 unspecified atom stereocenters. The van der Waals surface area contributed by atoms with Crippen LogP contribution in [0.1, 0.15) is 13.8 Å². The zero-order valence-corrected chi connectivity index (χ0v) is 9.37. The molecule has 0 aliphatic carbocycles. The van der Waals surface area contributed by atoms with Crippen molar-refractivity contribution >= 4 is 21.6 Å². The number of halogens is 3. The molecule has 0 amide bonds. The van der Waals surface area contributed by atoms with Crippen molar-refractivity contribution in [3.63, 3.8) is 0 Å². The molecule has 0 atom stereocenters. The first-order valence-corrected chi connectivity index (χ1v) is 4.77. The topological polar surface area (TPSA) is 12.0 Å². The van der Waals surface area contributed by atoms with Gasteiger partial charge in [-0.05, 0) is 28.1 Å². The summed E-state index contributed by atoms with van der Waals surface area (Å²) in [6.07, 6.45) is 0. The van der Waals surface area contributed by atoms with Gasteiger partial charge in [0, 0.05) is 7.05 Å². The predicted octanol–water partition coefficient (Wildman–Crippen LogP) is 3.80. The van der Waals surface area contributed by atoms with E-state index in [9.17, 15) is 8.78 Å². The quantitative estimate of drug-likeness (QED) is 0.749. The second kappa shape index (κ2) is 5.91. The first kappa shape index (κ1) is 12.4. The van der Waals surface area contributed by atoms with Gasteiger partial charge in [-0.3, -0.25) is 0 Å². The van der Waals surface area contributed by atoms with Crippen LogP contribution in [0.2, 0.25) is 0 Å². The first-order chi connectivity index (χ1) is 6.16. The summed E-state index contributed by atoms with van der Waals surface area (Å²) in [5.74, 6) is -1.20. The molecule has 0 aliphatic heterocycles. The number of rotatable bonds is 1. The van der Waals surface area contributed by atoms with Crippen LogP contribution in [0.15, 0.2) is 16.6 Å². The molecule has 0 aromatic heterocycles. The summed E-state index contributed by atoms with van der Waals surface area (Å²) >= 11 is 2.78. The molecule has 4 heteroatoms. The van der Waals surface area contributed by atoms with Crippen LogP contribution >= 0.6 is 15.9 Å². The molecule has 0 bridgehead atoms. The van der Waals surface area contributed by atoms with E-state index < -0.39 is 11.6 Å². The molecular formula is C9H12BrF2N. The summed E-state index contributed by atoms with van der Waals surface area (Å²) in [6.45, 7) is 4.00. The second-order valence-electron chi connectivity index (χ2n) is 1.97. The van der Waals surface area contributed by atoms with Gasteiger partial charge in [0.1, 0.15) is 5.82 Å². The van der Waals surface area contributed by atoms with Crippen molar-refractivity contribution in [3.05, 3.63) is 28.2 Å². The summed E-state index contributed by atoms with van der Waals surface area (Å²) in [7, 11) is 1.57. The van der Waals surface area contributed by atoms with E-state index in [4.69, 9.17) is 0 Å². The largest absolute Gasteiger partial charge is 0.386 e. The maximum absolute atomic E-state index is 12.9. The fourth-order valence-corrected chi connectivity index (χ4v) is 1.06. The third kappa shape index (κ3) is 2.95. The smallest absolute Gasteiger partial charge is 0.163 e. The molecule has 0 saturated heterocycles. The van der Waals surface area contributed by atoms with Crippen molar-refractivity contribution < 1.29 is 8.78 Å². The first-order valence-electron chi connectivity index (χ1n) is 3.98. The van der Waals surface area contributed by atoms with Gasteiger partial charge in [-0.2, -0.15) is 0 Å². The highest BCUT2D eigenvalue weighted by Crippen LogP contribution is 2.25. The molecule has 1 aromatic rings. The number of anilines is 1. The molecule has 1 N–H and O–H groups in total. The zero-order chi connectivity index (χ0) is 10.4. The summed E-state index contributed by atoms with van der Waals surface area (Å²) in [6, 6.07) is 2.54. The third-order valence-corrected chi connectivity index (χ3v) is 2.03. The molecule has 0 aliphatic rings. The van der Waals surface area contributed by atoms with Crippen LogP contribution < -0.4 is 5.32 Å². The predicted molar refractivity (Wildman–Crippen MR) is 55.0 cm³/mol. The molecule has 0 saturated carbocycles. The Balaban J connectivity index is 0.000000671. The van der Waals surface area contributed by atoms with Gasteiger partial charge >= 0.3 is 0 Å². The highest BCUT2D eigenvalue weighted by atomic mass is 79.9. The highest BCUT2D eigenvalue weighted by molar-refractivity contribution is 9.10. The maximum atomic E-state index is 12.9. The Hall–Kier alpha value is -0.640. The van der Waals surface area contributed by atoms with Crippen LogP contribution in [0.3, 0.4) is 0 Å². The van der Waals surface area contributed by atoms with Crippen molar-refractivity contribution in [2.45, 2.75) is 13.8 Å². The maximum Gasteiger partial charge on any atom is 0.163 e. The summed E-state index contributed by atoms with van der Waals surface area (Å²) in [5.41, 5.74) is 0.276. The third-order valence-electron chi connectivity index (χ3n) is 1.30. The van der Waals surface area contributed by atoms with Crippen LogP contribution in [0.4, 0.5) is 14.5 Å². The van der Waals surface area contributed by atoms with Crippen LogP contribution in [0.5, 0.6) is 0 Å². The lowest BCUT2D eigenvalue weighted by Crippen LogP contribution is -1.94. The number of hydrogen-bond donors (Lipinski definition) is 1. The normalized spacial score (nSPS) is 8.77. The Morgan fingerprint density at radius 1 is 1.23 bits per heavy atom. The van der Waals surface area contributed by atoms with E-state index in [1.807, 2.05) is 13.8 Å². The Bertz CT molecular complexity index is 277. The molecule has 13 heavy (non-hydrogen) atoms. The lowest BCUT2D eigenvalue weighted by Gasteiger charge is -2.03. The van der Waals surface area contributed by atoms with Crippen LogP contribution in [-0.4, -0.2) is 7.05 Å². The van der Waals surface area contributed by atoms with Crippen molar-refractivity contribution in [1.82, 2.24) is 0 Å². The Morgan fingerprint density at radius 3 is 2.23 bits per heavy atom. The van der Waals surface area contributed by atoms with Gasteiger partial charge < -0.3 is 5.32 Å². The summed E-state index contributed by atoms with van der Waals surface area (Å²) in [4.78, 5) is 0. The minimum absolute atomic E-state index is 0.135. The minimum Gasteiger partial charge on any atom is -0.386 e. The lowest BCUT2D eigenvalue weighted by atomic mass is 10.3. The summed E-state index contributed by atoms with van der Waals surface area (Å²) < 4.78 is 25.4. The Kier molecular flexibility index (Phi) is 5.62. The van der Waals surface area contributed by atoms with Gasteiger partial charge in [-0.15, -0.1) is 0 Å². The second-order valence-corrected chi connectivity index (χ2v) is 2.77. The van der Waals surface area contributed by atoms with Gasteiger partial charge in [0.2, 0.25) is 0 Å². The van der Waals surface area contributed by atoms with Crippen molar-refractivity contribution in [1.29, 1.82) is 0 Å². The molecule has 0 heterocycles. The van der Waals surface area contributed by atoms with Gasteiger partial charge in [0.25, 0.3) is 0 Å². The van der Waals surface area contributed by atoms with E-state index in [2.05, 4.69) is 21.2 Å². The van der Waals surface area contributed by atoms with Crippen LogP contribution in [0.25, 0.3) is 0 Å². The SMILES string of the molecule is CC.CNc1ccc(F)c(Br)c1F. The van der Waals surface area contributed by atoms with Crippen molar-refractivity contribution in [2.24, 2.45) is 0 Å². The lowest BCUT2D eigenvalue weighted by molar-refractivity contribution is 0.574. The molecule has 1 rings (SSSR count). The van der Waals surface area contributed by atoms with Crippen molar-refractivity contribution in [2.75, 3.05) is 12.4 Å². The molecule has 0 radical (unpaired) electrons. The molecule has 0 spiro atoms. The van der Waals surface area contributed by atoms with E-state index in [0.717, 1.165) is 0 Å². The average Bonchev–Trinajstić information content (AvgIpc) is 2.18. The monoisotopic (exact) mass is 251 g/mol. The van der Waals surface area contributed by atoms with E-state index in [1.54, 1.807) is 7.05 Å². The van der Waals surface area contributed by atoms with E-state index in [1.165, 1.54) is 12.1 Å². The molecule has 1 nitrogen and oxygen atoms in total. The number of hydrogen-bond acceptors (Lipinski definition) is 1. The molecule has 1 aromatic carbocycles. The zero-order valence-electron chi connectivity index (χ0n) is 7.79. The van der Waals surface area contributed by atoms with Gasteiger partial charge in [0.15, 0.2) is 5.82 Å². The molecule has 74 valence electrons. The Morgan fingerprint density at radius 2 is 1.77 bits per heavy atom. The number of benzene rings is 1. The fraction of sp³-hybridized carbons (Fsp3) is 0.333. The van der Waals surface area contributed by atoms with E-state index in [-0.39, 0.29) is 10.2 Å². The molecular weight excluding hydrogens is 240 g/mol. The van der Waals surface area contributed by atoms with Gasteiger partial charge in [-0.1, -0.05) is 13.8 Å². The number of nitrogens with one attached hydrogen (secondary N) is 1.